The van der Waals surface area contributed by atoms with Gasteiger partial charge in [0.05, 0.1) is 7.11 Å². The molecule has 1 aliphatic heterocycles. The third-order valence-electron chi connectivity index (χ3n) is 3.48. The zero-order valence-electron chi connectivity index (χ0n) is 12.0. The molecule has 0 spiro atoms. The number of esters is 1. The summed E-state index contributed by atoms with van der Waals surface area (Å²) in [6, 6.07) is 1.53. The number of piperazine rings is 1. The fourth-order valence-electron chi connectivity index (χ4n) is 2.27. The second kappa shape index (κ2) is 7.16. The topological polar surface area (TPSA) is 70.6 Å². The maximum Gasteiger partial charge on any atom is 0.324 e. The van der Waals surface area contributed by atoms with Gasteiger partial charge in [-0.1, -0.05) is 0 Å². The van der Waals surface area contributed by atoms with Crippen molar-refractivity contribution in [3.63, 3.8) is 0 Å². The van der Waals surface area contributed by atoms with E-state index in [1.165, 1.54) is 7.11 Å². The smallest absolute Gasteiger partial charge is 0.324 e. The first-order valence-electron chi connectivity index (χ1n) is 6.74. The zero-order chi connectivity index (χ0) is 14.4. The molecule has 1 aliphatic rings. The summed E-state index contributed by atoms with van der Waals surface area (Å²) in [5.74, 6) is 0.548. The van der Waals surface area contributed by atoms with E-state index in [1.54, 1.807) is 19.4 Å². The van der Waals surface area contributed by atoms with Crippen LogP contribution in [0.3, 0.4) is 0 Å². The van der Waals surface area contributed by atoms with Crippen LogP contribution in [0.4, 0.5) is 5.95 Å². The third kappa shape index (κ3) is 3.64. The van der Waals surface area contributed by atoms with Gasteiger partial charge < -0.3 is 15.0 Å². The summed E-state index contributed by atoms with van der Waals surface area (Å²) >= 11 is 0. The molecule has 2 rings (SSSR count). The van der Waals surface area contributed by atoms with Gasteiger partial charge in [-0.3, -0.25) is 9.69 Å². The van der Waals surface area contributed by atoms with Crippen molar-refractivity contribution >= 4 is 11.9 Å². The van der Waals surface area contributed by atoms with Crippen molar-refractivity contribution in [2.75, 3.05) is 51.8 Å². The Labute approximate surface area is 118 Å². The van der Waals surface area contributed by atoms with Crippen LogP contribution < -0.4 is 10.2 Å². The number of hydrogen-bond acceptors (Lipinski definition) is 7. The quantitative estimate of drug-likeness (QED) is 0.719. The van der Waals surface area contributed by atoms with Gasteiger partial charge >= 0.3 is 5.97 Å². The molecule has 0 radical (unpaired) electrons. The molecule has 1 fully saturated rings. The Morgan fingerprint density at radius 2 is 2.00 bits per heavy atom. The number of anilines is 1. The molecule has 1 aromatic rings. The molecule has 0 bridgehead atoms. The number of aromatic nitrogens is 2. The Kier molecular flexibility index (Phi) is 5.25. The average Bonchev–Trinajstić information content (AvgIpc) is 2.53. The predicted octanol–water partition coefficient (Wildman–Crippen LogP) is -0.640. The lowest BCUT2D eigenvalue weighted by Gasteiger charge is -2.35. The lowest BCUT2D eigenvalue weighted by atomic mass is 10.2. The van der Waals surface area contributed by atoms with Gasteiger partial charge in [0, 0.05) is 45.1 Å². The molecule has 7 heteroatoms. The molecule has 1 N–H and O–H groups in total. The van der Waals surface area contributed by atoms with Crippen LogP contribution in [0.1, 0.15) is 0 Å². The average molecular weight is 279 g/mol. The van der Waals surface area contributed by atoms with E-state index in [2.05, 4.69) is 25.1 Å². The number of carbonyl (C=O) groups is 1. The van der Waals surface area contributed by atoms with E-state index in [1.807, 2.05) is 6.07 Å². The molecular formula is C13H21N5O2. The molecule has 1 atom stereocenters. The standard InChI is InChI=1S/C13H21N5O2/c1-14-11(12(19)20-2)10-17-6-8-18(9-7-17)13-15-4-3-5-16-13/h3-5,11,14H,6-10H2,1-2H3. The zero-order valence-corrected chi connectivity index (χ0v) is 12.0. The van der Waals surface area contributed by atoms with Gasteiger partial charge in [-0.25, -0.2) is 9.97 Å². The number of methoxy groups -OCH3 is 1. The molecule has 110 valence electrons. The van der Waals surface area contributed by atoms with Crippen LogP contribution in [0.25, 0.3) is 0 Å². The van der Waals surface area contributed by atoms with Crippen molar-refractivity contribution < 1.29 is 9.53 Å². The molecule has 0 aromatic carbocycles. The summed E-state index contributed by atoms with van der Waals surface area (Å²) in [6.45, 7) is 4.15. The highest BCUT2D eigenvalue weighted by atomic mass is 16.5. The molecule has 1 unspecified atom stereocenters. The lowest BCUT2D eigenvalue weighted by molar-refractivity contribution is -0.143. The summed E-state index contributed by atoms with van der Waals surface area (Å²) in [4.78, 5) is 24.5. The number of hydrogen-bond donors (Lipinski definition) is 1. The predicted molar refractivity (Wildman–Crippen MR) is 75.5 cm³/mol. The van der Waals surface area contributed by atoms with E-state index in [0.29, 0.717) is 6.54 Å². The third-order valence-corrected chi connectivity index (χ3v) is 3.48. The van der Waals surface area contributed by atoms with E-state index in [0.717, 1.165) is 32.1 Å². The Morgan fingerprint density at radius 1 is 1.35 bits per heavy atom. The largest absolute Gasteiger partial charge is 0.468 e. The number of likely N-dealkylation sites (N-methyl/N-ethyl adjacent to an activating group) is 1. The van der Waals surface area contributed by atoms with Gasteiger partial charge in [0.2, 0.25) is 5.95 Å². The first-order chi connectivity index (χ1) is 9.74. The van der Waals surface area contributed by atoms with Crippen molar-refractivity contribution in [3.05, 3.63) is 18.5 Å². The minimum absolute atomic E-state index is 0.221. The molecule has 0 amide bonds. The van der Waals surface area contributed by atoms with Gasteiger partial charge in [0.25, 0.3) is 0 Å². The number of carbonyl (C=O) groups excluding carboxylic acids is 1. The lowest BCUT2D eigenvalue weighted by Crippen LogP contribution is -2.52. The Balaban J connectivity index is 1.84. The van der Waals surface area contributed by atoms with Crippen LogP contribution >= 0.6 is 0 Å². The van der Waals surface area contributed by atoms with Crippen LogP contribution in [-0.2, 0) is 9.53 Å². The maximum atomic E-state index is 11.6. The van der Waals surface area contributed by atoms with Crippen LogP contribution in [0.5, 0.6) is 0 Å². The highest BCUT2D eigenvalue weighted by Gasteiger charge is 2.24. The van der Waals surface area contributed by atoms with E-state index in [9.17, 15) is 4.79 Å². The molecule has 0 aliphatic carbocycles. The molecule has 7 nitrogen and oxygen atoms in total. The van der Waals surface area contributed by atoms with E-state index >= 15 is 0 Å². The van der Waals surface area contributed by atoms with E-state index in [-0.39, 0.29) is 12.0 Å². The second-order valence-corrected chi connectivity index (χ2v) is 4.70. The minimum atomic E-state index is -0.278. The van der Waals surface area contributed by atoms with Crippen molar-refractivity contribution in [3.8, 4) is 0 Å². The summed E-state index contributed by atoms with van der Waals surface area (Å²) in [6.07, 6.45) is 3.51. The van der Waals surface area contributed by atoms with Crippen molar-refractivity contribution in [2.24, 2.45) is 0 Å². The Hall–Kier alpha value is -1.73. The van der Waals surface area contributed by atoms with Crippen LogP contribution in [-0.4, -0.2) is 73.8 Å². The number of rotatable bonds is 5. The van der Waals surface area contributed by atoms with Crippen molar-refractivity contribution in [1.82, 2.24) is 20.2 Å². The molecule has 1 saturated heterocycles. The molecule has 20 heavy (non-hydrogen) atoms. The van der Waals surface area contributed by atoms with Gasteiger partial charge in [-0.05, 0) is 13.1 Å². The van der Waals surface area contributed by atoms with E-state index < -0.39 is 0 Å². The first-order valence-corrected chi connectivity index (χ1v) is 6.74. The van der Waals surface area contributed by atoms with Gasteiger partial charge in [-0.15, -0.1) is 0 Å². The normalized spacial score (nSPS) is 17.8. The second-order valence-electron chi connectivity index (χ2n) is 4.70. The summed E-state index contributed by atoms with van der Waals surface area (Å²) in [5, 5.41) is 2.99. The molecule has 0 saturated carbocycles. The van der Waals surface area contributed by atoms with Crippen LogP contribution in [0.2, 0.25) is 0 Å². The molecule has 2 heterocycles. The number of ether oxygens (including phenoxy) is 1. The monoisotopic (exact) mass is 279 g/mol. The highest BCUT2D eigenvalue weighted by molar-refractivity contribution is 5.75. The summed E-state index contributed by atoms with van der Waals surface area (Å²) < 4.78 is 4.78. The summed E-state index contributed by atoms with van der Waals surface area (Å²) in [5.41, 5.74) is 0. The van der Waals surface area contributed by atoms with Crippen molar-refractivity contribution in [2.45, 2.75) is 6.04 Å². The Bertz CT molecular complexity index is 420. The van der Waals surface area contributed by atoms with Crippen molar-refractivity contribution in [1.29, 1.82) is 0 Å². The van der Waals surface area contributed by atoms with Gasteiger partial charge in [-0.2, -0.15) is 0 Å². The fraction of sp³-hybridized carbons (Fsp3) is 0.615. The summed E-state index contributed by atoms with van der Waals surface area (Å²) in [7, 11) is 3.19. The number of nitrogens with zero attached hydrogens (tertiary/aromatic N) is 4. The van der Waals surface area contributed by atoms with Gasteiger partial charge in [0.1, 0.15) is 6.04 Å². The van der Waals surface area contributed by atoms with Crippen LogP contribution in [0.15, 0.2) is 18.5 Å². The molecule has 1 aromatic heterocycles. The highest BCUT2D eigenvalue weighted by Crippen LogP contribution is 2.10. The Morgan fingerprint density at radius 3 is 2.55 bits per heavy atom. The van der Waals surface area contributed by atoms with Gasteiger partial charge in [0.15, 0.2) is 0 Å². The van der Waals surface area contributed by atoms with E-state index in [4.69, 9.17) is 4.74 Å². The first kappa shape index (κ1) is 14.7. The minimum Gasteiger partial charge on any atom is -0.468 e. The fourth-order valence-corrected chi connectivity index (χ4v) is 2.27. The number of nitrogens with one attached hydrogen (secondary N) is 1. The molecular weight excluding hydrogens is 258 g/mol. The maximum absolute atomic E-state index is 11.6. The van der Waals surface area contributed by atoms with Crippen LogP contribution in [0, 0.1) is 0 Å². The SMILES string of the molecule is CNC(CN1CCN(c2ncccn2)CC1)C(=O)OC.